The molecule has 0 saturated carbocycles. The van der Waals surface area contributed by atoms with Crippen molar-refractivity contribution in [1.29, 1.82) is 0 Å². The predicted molar refractivity (Wildman–Crippen MR) is 110 cm³/mol. The number of benzene rings is 2. The van der Waals surface area contributed by atoms with Gasteiger partial charge in [0, 0.05) is 0 Å². The topological polar surface area (TPSA) is 111 Å². The van der Waals surface area contributed by atoms with E-state index in [1.807, 2.05) is 28.7 Å². The van der Waals surface area contributed by atoms with Crippen molar-refractivity contribution >= 4 is 52.1 Å². The van der Waals surface area contributed by atoms with Gasteiger partial charge in [-0.15, -0.1) is 0 Å². The second-order valence-electron chi connectivity index (χ2n) is 5.76. The summed E-state index contributed by atoms with van der Waals surface area (Å²) in [6.45, 7) is -0.292. The van der Waals surface area contributed by atoms with E-state index in [2.05, 4.69) is 5.43 Å². The monoisotopic (exact) mass is 493 g/mol. The van der Waals surface area contributed by atoms with E-state index in [9.17, 15) is 14.4 Å². The Kier molecular flexibility index (Phi) is 5.83. The standard InChI is InChI=1S/C19H16IN3O5/c1-27-15-9-11(8-14(20)17(15)28-10-16(21)24)7-13-18(25)22-23(19(13)26)12-5-3-2-4-6-12/h2-9H,10H2,1H3,(H2,21,24)(H,22,25). The zero-order valence-electron chi connectivity index (χ0n) is 14.8. The lowest BCUT2D eigenvalue weighted by atomic mass is 10.1. The van der Waals surface area contributed by atoms with E-state index in [0.29, 0.717) is 26.3 Å². The van der Waals surface area contributed by atoms with Gasteiger partial charge in [0.25, 0.3) is 17.7 Å². The highest BCUT2D eigenvalue weighted by Gasteiger charge is 2.34. The molecule has 9 heteroatoms. The van der Waals surface area contributed by atoms with Gasteiger partial charge in [-0.1, -0.05) is 18.2 Å². The summed E-state index contributed by atoms with van der Waals surface area (Å²) in [6.07, 6.45) is 1.48. The lowest BCUT2D eigenvalue weighted by Gasteiger charge is -2.14. The minimum absolute atomic E-state index is 0.00693. The third-order valence-corrected chi connectivity index (χ3v) is 4.63. The number of hydrogen-bond acceptors (Lipinski definition) is 5. The van der Waals surface area contributed by atoms with Gasteiger partial charge < -0.3 is 15.2 Å². The van der Waals surface area contributed by atoms with Crippen molar-refractivity contribution in [3.05, 3.63) is 57.2 Å². The molecule has 2 aromatic carbocycles. The molecule has 3 rings (SSSR count). The summed E-state index contributed by atoms with van der Waals surface area (Å²) < 4.78 is 11.3. The molecule has 2 aromatic rings. The van der Waals surface area contributed by atoms with E-state index >= 15 is 0 Å². The second-order valence-corrected chi connectivity index (χ2v) is 6.93. The average Bonchev–Trinajstić information content (AvgIpc) is 2.95. The molecule has 0 aliphatic carbocycles. The smallest absolute Gasteiger partial charge is 0.282 e. The number of rotatable bonds is 6. The van der Waals surface area contributed by atoms with Gasteiger partial charge in [0.15, 0.2) is 18.1 Å². The molecule has 3 amide bonds. The molecule has 144 valence electrons. The molecule has 1 heterocycles. The van der Waals surface area contributed by atoms with Crippen LogP contribution >= 0.6 is 22.6 Å². The van der Waals surface area contributed by atoms with Crippen molar-refractivity contribution in [2.24, 2.45) is 5.73 Å². The van der Waals surface area contributed by atoms with E-state index in [1.54, 1.807) is 36.4 Å². The quantitative estimate of drug-likeness (QED) is 0.361. The van der Waals surface area contributed by atoms with Gasteiger partial charge in [-0.05, 0) is 58.5 Å². The summed E-state index contributed by atoms with van der Waals surface area (Å²) in [4.78, 5) is 35.9. The largest absolute Gasteiger partial charge is 0.493 e. The molecule has 0 aromatic heterocycles. The maximum absolute atomic E-state index is 12.7. The second kappa shape index (κ2) is 8.30. The number of anilines is 1. The SMILES string of the molecule is COc1cc(C=C2C(=O)NN(c3ccccc3)C2=O)cc(I)c1OCC(N)=O. The highest BCUT2D eigenvalue weighted by molar-refractivity contribution is 14.1. The molecule has 8 nitrogen and oxygen atoms in total. The van der Waals surface area contributed by atoms with Crippen LogP contribution in [0.5, 0.6) is 11.5 Å². The number of hydrogen-bond donors (Lipinski definition) is 2. The number of primary amides is 1. The van der Waals surface area contributed by atoms with Crippen LogP contribution in [0.2, 0.25) is 0 Å². The van der Waals surface area contributed by atoms with E-state index in [1.165, 1.54) is 18.2 Å². The van der Waals surface area contributed by atoms with Crippen molar-refractivity contribution in [3.8, 4) is 11.5 Å². The van der Waals surface area contributed by atoms with Crippen molar-refractivity contribution in [2.45, 2.75) is 0 Å². The normalized spacial score (nSPS) is 14.9. The van der Waals surface area contributed by atoms with Crippen LogP contribution < -0.4 is 25.6 Å². The maximum Gasteiger partial charge on any atom is 0.282 e. The highest BCUT2D eigenvalue weighted by atomic mass is 127. The molecular weight excluding hydrogens is 477 g/mol. The van der Waals surface area contributed by atoms with Crippen LogP contribution in [0.1, 0.15) is 5.56 Å². The number of halogens is 1. The van der Waals surface area contributed by atoms with Crippen LogP contribution in [-0.4, -0.2) is 31.4 Å². The number of amides is 3. The molecule has 0 atom stereocenters. The van der Waals surface area contributed by atoms with Crippen LogP contribution in [0.4, 0.5) is 5.69 Å². The Morgan fingerprint density at radius 2 is 1.96 bits per heavy atom. The third kappa shape index (κ3) is 4.09. The Balaban J connectivity index is 1.92. The fourth-order valence-electron chi connectivity index (χ4n) is 2.59. The minimum Gasteiger partial charge on any atom is -0.493 e. The van der Waals surface area contributed by atoms with Crippen LogP contribution in [0, 0.1) is 3.57 Å². The Labute approximate surface area is 174 Å². The molecule has 0 spiro atoms. The molecule has 1 aliphatic heterocycles. The summed E-state index contributed by atoms with van der Waals surface area (Å²) >= 11 is 2.01. The minimum atomic E-state index is -0.613. The predicted octanol–water partition coefficient (Wildman–Crippen LogP) is 1.63. The van der Waals surface area contributed by atoms with Gasteiger partial charge in [0.05, 0.1) is 16.4 Å². The lowest BCUT2D eigenvalue weighted by Crippen LogP contribution is -2.35. The number of hydrazine groups is 1. The number of ether oxygens (including phenoxy) is 2. The molecule has 0 bridgehead atoms. The van der Waals surface area contributed by atoms with Crippen molar-refractivity contribution in [2.75, 3.05) is 18.7 Å². The number of nitrogens with two attached hydrogens (primary N) is 1. The summed E-state index contributed by atoms with van der Waals surface area (Å²) in [6, 6.07) is 12.1. The molecule has 28 heavy (non-hydrogen) atoms. The van der Waals surface area contributed by atoms with Gasteiger partial charge in [-0.25, -0.2) is 5.01 Å². The number of nitrogens with zero attached hydrogens (tertiary/aromatic N) is 1. The Morgan fingerprint density at radius 3 is 2.61 bits per heavy atom. The summed E-state index contributed by atoms with van der Waals surface area (Å²) in [5.41, 5.74) is 8.78. The number of nitrogens with one attached hydrogen (secondary N) is 1. The molecule has 1 fully saturated rings. The molecule has 1 saturated heterocycles. The van der Waals surface area contributed by atoms with E-state index < -0.39 is 17.7 Å². The number of para-hydroxylation sites is 1. The highest BCUT2D eigenvalue weighted by Crippen LogP contribution is 2.35. The van der Waals surface area contributed by atoms with Crippen LogP contribution in [0.25, 0.3) is 6.08 Å². The van der Waals surface area contributed by atoms with Gasteiger partial charge in [-0.2, -0.15) is 0 Å². The van der Waals surface area contributed by atoms with Crippen LogP contribution in [-0.2, 0) is 14.4 Å². The van der Waals surface area contributed by atoms with Gasteiger partial charge in [-0.3, -0.25) is 19.8 Å². The van der Waals surface area contributed by atoms with Crippen molar-refractivity contribution in [1.82, 2.24) is 5.43 Å². The van der Waals surface area contributed by atoms with Crippen LogP contribution in [0.15, 0.2) is 48.0 Å². The summed E-state index contributed by atoms with van der Waals surface area (Å²) in [5.74, 6) is -0.864. The van der Waals surface area contributed by atoms with Gasteiger partial charge in [0.2, 0.25) is 0 Å². The molecule has 0 radical (unpaired) electrons. The first-order valence-electron chi connectivity index (χ1n) is 8.11. The van der Waals surface area contributed by atoms with Crippen molar-refractivity contribution < 1.29 is 23.9 Å². The first-order valence-corrected chi connectivity index (χ1v) is 9.19. The number of methoxy groups -OCH3 is 1. The summed E-state index contributed by atoms with van der Waals surface area (Å²) in [7, 11) is 1.45. The lowest BCUT2D eigenvalue weighted by molar-refractivity contribution is -0.120. The first-order chi connectivity index (χ1) is 13.4. The Bertz CT molecular complexity index is 975. The third-order valence-electron chi connectivity index (χ3n) is 3.83. The number of carbonyl (C=O) groups excluding carboxylic acids is 3. The molecule has 1 aliphatic rings. The zero-order chi connectivity index (χ0) is 20.3. The fourth-order valence-corrected chi connectivity index (χ4v) is 3.37. The molecular formula is C19H16IN3O5. The van der Waals surface area contributed by atoms with Crippen molar-refractivity contribution in [3.63, 3.8) is 0 Å². The van der Waals surface area contributed by atoms with Gasteiger partial charge >= 0.3 is 0 Å². The Morgan fingerprint density at radius 1 is 1.25 bits per heavy atom. The van der Waals surface area contributed by atoms with Crippen LogP contribution in [0.3, 0.4) is 0 Å². The molecule has 3 N–H and O–H groups in total. The van der Waals surface area contributed by atoms with E-state index in [-0.39, 0.29) is 12.2 Å². The van der Waals surface area contributed by atoms with E-state index in [4.69, 9.17) is 15.2 Å². The van der Waals surface area contributed by atoms with Gasteiger partial charge in [0.1, 0.15) is 5.57 Å². The summed E-state index contributed by atoms with van der Waals surface area (Å²) in [5, 5.41) is 1.20. The zero-order valence-corrected chi connectivity index (χ0v) is 16.9. The average molecular weight is 493 g/mol. The maximum atomic E-state index is 12.7. The number of carbonyl (C=O) groups is 3. The van der Waals surface area contributed by atoms with E-state index in [0.717, 1.165) is 0 Å². The molecule has 0 unspecified atom stereocenters. The Hall–Kier alpha value is -3.08. The fraction of sp³-hybridized carbons (Fsp3) is 0.105. The first kappa shape index (κ1) is 19.7.